The maximum absolute atomic E-state index is 11.7. The van der Waals surface area contributed by atoms with Gasteiger partial charge in [0.1, 0.15) is 0 Å². The molecule has 1 amide bonds. The zero-order valence-electron chi connectivity index (χ0n) is 12.4. The predicted octanol–water partition coefficient (Wildman–Crippen LogP) is 3.76. The van der Waals surface area contributed by atoms with Crippen molar-refractivity contribution in [3.63, 3.8) is 0 Å². The molecule has 0 bridgehead atoms. The van der Waals surface area contributed by atoms with Crippen LogP contribution in [0.15, 0.2) is 60.7 Å². The average Bonchev–Trinajstić information content (AvgIpc) is 2.52. The number of nitrogens with one attached hydrogen (secondary N) is 1. The normalized spacial score (nSPS) is 10.7. The highest BCUT2D eigenvalue weighted by Crippen LogP contribution is 2.05. The molecule has 0 aliphatic heterocycles. The van der Waals surface area contributed by atoms with E-state index in [0.29, 0.717) is 6.54 Å². The van der Waals surface area contributed by atoms with Gasteiger partial charge < -0.3 is 5.32 Å². The number of hydrogen-bond donors (Lipinski definition) is 1. The van der Waals surface area contributed by atoms with Gasteiger partial charge in [0.25, 0.3) is 0 Å². The molecule has 2 heteroatoms. The Labute approximate surface area is 126 Å². The van der Waals surface area contributed by atoms with Crippen molar-refractivity contribution in [3.8, 4) is 0 Å². The quantitative estimate of drug-likeness (QED) is 0.633. The number of carbonyl (C=O) groups is 1. The molecule has 21 heavy (non-hydrogen) atoms. The average molecular weight is 279 g/mol. The highest BCUT2D eigenvalue weighted by Gasteiger charge is 1.96. The first kappa shape index (κ1) is 15.0. The Morgan fingerprint density at radius 3 is 2.48 bits per heavy atom. The van der Waals surface area contributed by atoms with Crippen LogP contribution in [0.3, 0.4) is 0 Å². The van der Waals surface area contributed by atoms with E-state index < -0.39 is 0 Å². The third kappa shape index (κ3) is 5.65. The second-order valence-electron chi connectivity index (χ2n) is 5.12. The molecule has 1 N–H and O–H groups in total. The SMILES string of the molecule is Cc1ccc(/C=C/C(=O)NCCCc2ccccc2)cc1. The molecule has 0 unspecified atom stereocenters. The van der Waals surface area contributed by atoms with Crippen LogP contribution in [0.1, 0.15) is 23.1 Å². The van der Waals surface area contributed by atoms with Crippen LogP contribution in [-0.4, -0.2) is 12.5 Å². The van der Waals surface area contributed by atoms with Crippen LogP contribution >= 0.6 is 0 Å². The van der Waals surface area contributed by atoms with E-state index >= 15 is 0 Å². The zero-order valence-corrected chi connectivity index (χ0v) is 12.4. The molecule has 0 fully saturated rings. The fourth-order valence-electron chi connectivity index (χ4n) is 2.06. The van der Waals surface area contributed by atoms with Crippen LogP contribution in [0.5, 0.6) is 0 Å². The van der Waals surface area contributed by atoms with Gasteiger partial charge in [-0.25, -0.2) is 0 Å². The topological polar surface area (TPSA) is 29.1 Å². The number of carbonyl (C=O) groups excluding carboxylic acids is 1. The minimum Gasteiger partial charge on any atom is -0.353 e. The van der Waals surface area contributed by atoms with Crippen molar-refractivity contribution < 1.29 is 4.79 Å². The van der Waals surface area contributed by atoms with Crippen LogP contribution in [-0.2, 0) is 11.2 Å². The van der Waals surface area contributed by atoms with Crippen LogP contribution in [0.2, 0.25) is 0 Å². The molecule has 0 radical (unpaired) electrons. The molecular formula is C19H21NO. The van der Waals surface area contributed by atoms with E-state index in [4.69, 9.17) is 0 Å². The summed E-state index contributed by atoms with van der Waals surface area (Å²) in [5.74, 6) is -0.0383. The number of amides is 1. The van der Waals surface area contributed by atoms with Gasteiger partial charge in [0, 0.05) is 12.6 Å². The Hall–Kier alpha value is -2.35. The van der Waals surface area contributed by atoms with E-state index in [0.717, 1.165) is 18.4 Å². The summed E-state index contributed by atoms with van der Waals surface area (Å²) in [6.07, 6.45) is 5.37. The Morgan fingerprint density at radius 1 is 1.05 bits per heavy atom. The van der Waals surface area contributed by atoms with Gasteiger partial charge >= 0.3 is 0 Å². The van der Waals surface area contributed by atoms with Crippen LogP contribution < -0.4 is 5.32 Å². The van der Waals surface area contributed by atoms with Gasteiger partial charge in [0.2, 0.25) is 5.91 Å². The lowest BCUT2D eigenvalue weighted by molar-refractivity contribution is -0.116. The number of hydrogen-bond acceptors (Lipinski definition) is 1. The fraction of sp³-hybridized carbons (Fsp3) is 0.211. The maximum Gasteiger partial charge on any atom is 0.243 e. The van der Waals surface area contributed by atoms with Gasteiger partial charge in [0.15, 0.2) is 0 Å². The second kappa shape index (κ2) is 8.05. The van der Waals surface area contributed by atoms with Crippen LogP contribution in [0, 0.1) is 6.92 Å². The molecule has 0 aliphatic carbocycles. The van der Waals surface area contributed by atoms with Crippen LogP contribution in [0.25, 0.3) is 6.08 Å². The first-order valence-electron chi connectivity index (χ1n) is 7.30. The Kier molecular flexibility index (Phi) is 5.77. The fourth-order valence-corrected chi connectivity index (χ4v) is 2.06. The molecule has 0 spiro atoms. The number of rotatable bonds is 6. The van der Waals surface area contributed by atoms with Gasteiger partial charge in [-0.3, -0.25) is 4.79 Å². The van der Waals surface area contributed by atoms with E-state index in [1.807, 2.05) is 55.5 Å². The predicted molar refractivity (Wildman–Crippen MR) is 88.0 cm³/mol. The zero-order chi connectivity index (χ0) is 14.9. The lowest BCUT2D eigenvalue weighted by Gasteiger charge is -2.02. The summed E-state index contributed by atoms with van der Waals surface area (Å²) in [6, 6.07) is 18.4. The summed E-state index contributed by atoms with van der Waals surface area (Å²) in [5.41, 5.74) is 3.57. The molecule has 0 saturated heterocycles. The van der Waals surface area contributed by atoms with Crippen molar-refractivity contribution in [1.29, 1.82) is 0 Å². The summed E-state index contributed by atoms with van der Waals surface area (Å²) in [5, 5.41) is 2.91. The van der Waals surface area contributed by atoms with Gasteiger partial charge in [-0.2, -0.15) is 0 Å². The van der Waals surface area contributed by atoms with Crippen LogP contribution in [0.4, 0.5) is 0 Å². The smallest absolute Gasteiger partial charge is 0.243 e. The van der Waals surface area contributed by atoms with Crippen molar-refractivity contribution >= 4 is 12.0 Å². The largest absolute Gasteiger partial charge is 0.353 e. The van der Waals surface area contributed by atoms with Crippen molar-refractivity contribution in [2.45, 2.75) is 19.8 Å². The van der Waals surface area contributed by atoms with E-state index in [2.05, 4.69) is 17.4 Å². The summed E-state index contributed by atoms with van der Waals surface area (Å²) in [7, 11) is 0. The molecule has 0 heterocycles. The summed E-state index contributed by atoms with van der Waals surface area (Å²) in [4.78, 5) is 11.7. The summed E-state index contributed by atoms with van der Waals surface area (Å²) < 4.78 is 0. The number of benzene rings is 2. The van der Waals surface area contributed by atoms with E-state index in [-0.39, 0.29) is 5.91 Å². The monoisotopic (exact) mass is 279 g/mol. The third-order valence-corrected chi connectivity index (χ3v) is 3.29. The third-order valence-electron chi connectivity index (χ3n) is 3.29. The molecule has 2 aromatic carbocycles. The first-order valence-corrected chi connectivity index (χ1v) is 7.30. The highest BCUT2D eigenvalue weighted by atomic mass is 16.1. The standard InChI is InChI=1S/C19H21NO/c1-16-9-11-18(12-10-16)13-14-19(21)20-15-5-8-17-6-3-2-4-7-17/h2-4,6-7,9-14H,5,8,15H2,1H3,(H,20,21)/b14-13+. The molecule has 108 valence electrons. The Balaban J connectivity index is 1.69. The molecule has 0 saturated carbocycles. The minimum atomic E-state index is -0.0383. The van der Waals surface area contributed by atoms with E-state index in [1.165, 1.54) is 11.1 Å². The van der Waals surface area contributed by atoms with E-state index in [1.54, 1.807) is 6.08 Å². The number of aryl methyl sites for hydroxylation is 2. The molecule has 0 aliphatic rings. The molecule has 0 aromatic heterocycles. The lowest BCUT2D eigenvalue weighted by atomic mass is 10.1. The lowest BCUT2D eigenvalue weighted by Crippen LogP contribution is -2.22. The van der Waals surface area contributed by atoms with Gasteiger partial charge in [0.05, 0.1) is 0 Å². The molecule has 2 rings (SSSR count). The summed E-state index contributed by atoms with van der Waals surface area (Å²) in [6.45, 7) is 2.75. The molecular weight excluding hydrogens is 258 g/mol. The summed E-state index contributed by atoms with van der Waals surface area (Å²) >= 11 is 0. The molecule has 2 nitrogen and oxygen atoms in total. The van der Waals surface area contributed by atoms with Gasteiger partial charge in [-0.15, -0.1) is 0 Å². The van der Waals surface area contributed by atoms with Crippen molar-refractivity contribution in [1.82, 2.24) is 5.32 Å². The van der Waals surface area contributed by atoms with E-state index in [9.17, 15) is 4.79 Å². The highest BCUT2D eigenvalue weighted by molar-refractivity contribution is 5.91. The molecule has 2 aromatic rings. The van der Waals surface area contributed by atoms with Crippen molar-refractivity contribution in [2.24, 2.45) is 0 Å². The maximum atomic E-state index is 11.7. The van der Waals surface area contributed by atoms with Gasteiger partial charge in [-0.05, 0) is 37.0 Å². The second-order valence-corrected chi connectivity index (χ2v) is 5.12. The Morgan fingerprint density at radius 2 is 1.76 bits per heavy atom. The van der Waals surface area contributed by atoms with Gasteiger partial charge in [-0.1, -0.05) is 60.2 Å². The first-order chi connectivity index (χ1) is 10.2. The molecule has 0 atom stereocenters. The van der Waals surface area contributed by atoms with Crippen molar-refractivity contribution in [3.05, 3.63) is 77.4 Å². The minimum absolute atomic E-state index is 0.0383. The Bertz CT molecular complexity index is 585. The van der Waals surface area contributed by atoms with Crippen molar-refractivity contribution in [2.75, 3.05) is 6.54 Å².